The Kier molecular flexibility index (Phi) is 1.77. The fourth-order valence-electron chi connectivity index (χ4n) is 1.56. The van der Waals surface area contributed by atoms with Gasteiger partial charge in [0.2, 0.25) is 0 Å². The molecular weight excluding hydrogens is 148 g/mol. The Balaban J connectivity index is 2.34. The van der Waals surface area contributed by atoms with Crippen LogP contribution in [0.25, 0.3) is 0 Å². The Morgan fingerprint density at radius 2 is 2.17 bits per heavy atom. The molecule has 0 aliphatic carbocycles. The lowest BCUT2D eigenvalue weighted by Crippen LogP contribution is -2.39. The molecule has 64 valence electrons. The van der Waals surface area contributed by atoms with E-state index in [1.807, 2.05) is 0 Å². The Bertz CT molecular complexity index is 254. The third kappa shape index (κ3) is 1.18. The first kappa shape index (κ1) is 7.62. The lowest BCUT2D eigenvalue weighted by Gasteiger charge is -2.32. The number of hydrogen-bond donors (Lipinski definition) is 1. The molecule has 12 heavy (non-hydrogen) atoms. The molecule has 0 bridgehead atoms. The monoisotopic (exact) mass is 162 g/mol. The Hall–Kier alpha value is -1.02. The Labute approximate surface area is 73.2 Å². The second-order valence-corrected chi connectivity index (χ2v) is 3.43. The average Bonchev–Trinajstić information content (AvgIpc) is 2.07. The van der Waals surface area contributed by atoms with Gasteiger partial charge in [-0.3, -0.25) is 0 Å². The predicted octanol–water partition coefficient (Wildman–Crippen LogP) is 1.89. The molecule has 2 nitrogen and oxygen atoms in total. The van der Waals surface area contributed by atoms with Crippen LogP contribution in [-0.2, 0) is 6.42 Å². The van der Waals surface area contributed by atoms with Crippen LogP contribution in [0.2, 0.25) is 0 Å². The van der Waals surface area contributed by atoms with Gasteiger partial charge in [0, 0.05) is 13.1 Å². The molecule has 2 heteroatoms. The van der Waals surface area contributed by atoms with E-state index in [-0.39, 0.29) is 0 Å². The van der Waals surface area contributed by atoms with Crippen LogP contribution < -0.4 is 5.43 Å². The summed E-state index contributed by atoms with van der Waals surface area (Å²) in [7, 11) is 2.08. The molecule has 1 aliphatic heterocycles. The molecule has 0 aromatic heterocycles. The topological polar surface area (TPSA) is 15.3 Å². The van der Waals surface area contributed by atoms with Crippen molar-refractivity contribution in [2.45, 2.75) is 19.4 Å². The van der Waals surface area contributed by atoms with Gasteiger partial charge in [-0.25, -0.2) is 5.01 Å². The number of hydrogen-bond acceptors (Lipinski definition) is 2. The van der Waals surface area contributed by atoms with Crippen molar-refractivity contribution in [2.24, 2.45) is 0 Å². The molecule has 0 radical (unpaired) electrons. The number of anilines is 1. The number of para-hydroxylation sites is 1. The highest BCUT2D eigenvalue weighted by atomic mass is 15.5. The number of rotatable bonds is 0. The lowest BCUT2D eigenvalue weighted by molar-refractivity contribution is 0.295. The predicted molar refractivity (Wildman–Crippen MR) is 51.0 cm³/mol. The van der Waals surface area contributed by atoms with Crippen molar-refractivity contribution >= 4 is 5.69 Å². The fourth-order valence-corrected chi connectivity index (χ4v) is 1.56. The van der Waals surface area contributed by atoms with Crippen LogP contribution >= 0.6 is 0 Å². The molecule has 2 rings (SSSR count). The van der Waals surface area contributed by atoms with E-state index in [0.29, 0.717) is 6.04 Å². The van der Waals surface area contributed by atoms with Gasteiger partial charge in [0.05, 0.1) is 5.69 Å². The summed E-state index contributed by atoms with van der Waals surface area (Å²) in [6.07, 6.45) is 1.14. The van der Waals surface area contributed by atoms with Crippen molar-refractivity contribution in [3.8, 4) is 0 Å². The minimum Gasteiger partial charge on any atom is -0.319 e. The molecule has 1 aromatic carbocycles. The zero-order valence-electron chi connectivity index (χ0n) is 7.54. The number of nitrogens with one attached hydrogen (secondary N) is 1. The molecule has 0 saturated heterocycles. The van der Waals surface area contributed by atoms with Crippen LogP contribution in [0, 0.1) is 0 Å². The Morgan fingerprint density at radius 3 is 3.00 bits per heavy atom. The summed E-state index contributed by atoms with van der Waals surface area (Å²) < 4.78 is 0. The summed E-state index contributed by atoms with van der Waals surface area (Å²) >= 11 is 0. The number of fused-ring (bicyclic) bond motifs is 1. The van der Waals surface area contributed by atoms with E-state index in [1.165, 1.54) is 11.3 Å². The van der Waals surface area contributed by atoms with Crippen molar-refractivity contribution in [2.75, 3.05) is 12.5 Å². The quantitative estimate of drug-likeness (QED) is 0.626. The maximum Gasteiger partial charge on any atom is 0.0522 e. The molecule has 1 N–H and O–H groups in total. The molecular formula is C10H14N2. The maximum absolute atomic E-state index is 3.34. The normalized spacial score (nSPS) is 23.0. The molecule has 1 aromatic rings. The van der Waals surface area contributed by atoms with Crippen LogP contribution in [0.4, 0.5) is 5.69 Å². The average molecular weight is 162 g/mol. The van der Waals surface area contributed by atoms with E-state index < -0.39 is 0 Å². The van der Waals surface area contributed by atoms with Crippen LogP contribution in [0.3, 0.4) is 0 Å². The highest BCUT2D eigenvalue weighted by molar-refractivity contribution is 5.52. The van der Waals surface area contributed by atoms with Gasteiger partial charge in [-0.2, -0.15) is 0 Å². The van der Waals surface area contributed by atoms with Gasteiger partial charge in [-0.1, -0.05) is 18.2 Å². The van der Waals surface area contributed by atoms with Crippen molar-refractivity contribution < 1.29 is 0 Å². The first-order valence-electron chi connectivity index (χ1n) is 4.35. The van der Waals surface area contributed by atoms with E-state index in [2.05, 4.69) is 48.7 Å². The van der Waals surface area contributed by atoms with E-state index in [9.17, 15) is 0 Å². The molecule has 0 unspecified atom stereocenters. The molecule has 0 saturated carbocycles. The van der Waals surface area contributed by atoms with Crippen LogP contribution in [-0.4, -0.2) is 18.1 Å². The first-order valence-corrected chi connectivity index (χ1v) is 4.35. The van der Waals surface area contributed by atoms with Crippen LogP contribution in [0.5, 0.6) is 0 Å². The fraction of sp³-hybridized carbons (Fsp3) is 0.400. The summed E-state index contributed by atoms with van der Waals surface area (Å²) in [5.74, 6) is 0. The summed E-state index contributed by atoms with van der Waals surface area (Å²) in [4.78, 5) is 0. The number of nitrogens with zero attached hydrogens (tertiary/aromatic N) is 1. The second kappa shape index (κ2) is 2.79. The minimum atomic E-state index is 0.583. The van der Waals surface area contributed by atoms with Gasteiger partial charge in [0.1, 0.15) is 0 Å². The van der Waals surface area contributed by atoms with Crippen molar-refractivity contribution in [1.29, 1.82) is 0 Å². The van der Waals surface area contributed by atoms with E-state index in [1.54, 1.807) is 0 Å². The molecule has 1 aliphatic rings. The highest BCUT2D eigenvalue weighted by Gasteiger charge is 2.17. The number of hydrazine groups is 1. The zero-order valence-corrected chi connectivity index (χ0v) is 7.54. The van der Waals surface area contributed by atoms with E-state index in [0.717, 1.165) is 6.42 Å². The standard InChI is InChI=1S/C10H14N2/c1-8-7-9-5-3-4-6-10(9)11-12(8)2/h3-6,8,11H,7H2,1-2H3/t8-/m1/s1. The smallest absolute Gasteiger partial charge is 0.0522 e. The minimum absolute atomic E-state index is 0.583. The molecule has 0 fully saturated rings. The first-order chi connectivity index (χ1) is 5.77. The van der Waals surface area contributed by atoms with Crippen molar-refractivity contribution in [3.63, 3.8) is 0 Å². The molecule has 0 amide bonds. The summed E-state index contributed by atoms with van der Waals surface area (Å²) in [6.45, 7) is 2.23. The van der Waals surface area contributed by atoms with Crippen molar-refractivity contribution in [1.82, 2.24) is 5.01 Å². The van der Waals surface area contributed by atoms with E-state index >= 15 is 0 Å². The number of likely N-dealkylation sites (N-methyl/N-ethyl adjacent to an activating group) is 1. The second-order valence-electron chi connectivity index (χ2n) is 3.43. The van der Waals surface area contributed by atoms with Gasteiger partial charge >= 0.3 is 0 Å². The van der Waals surface area contributed by atoms with Gasteiger partial charge in [-0.15, -0.1) is 0 Å². The van der Waals surface area contributed by atoms with Crippen molar-refractivity contribution in [3.05, 3.63) is 29.8 Å². The molecule has 1 heterocycles. The van der Waals surface area contributed by atoms with Crippen LogP contribution in [0.15, 0.2) is 24.3 Å². The van der Waals surface area contributed by atoms with Gasteiger partial charge < -0.3 is 5.43 Å². The van der Waals surface area contributed by atoms with Crippen LogP contribution in [0.1, 0.15) is 12.5 Å². The summed E-state index contributed by atoms with van der Waals surface area (Å²) in [5.41, 5.74) is 6.01. The van der Waals surface area contributed by atoms with Gasteiger partial charge in [0.25, 0.3) is 0 Å². The summed E-state index contributed by atoms with van der Waals surface area (Å²) in [6, 6.07) is 9.05. The lowest BCUT2D eigenvalue weighted by atomic mass is 10.0. The maximum atomic E-state index is 3.34. The molecule has 1 atom stereocenters. The number of benzene rings is 1. The largest absolute Gasteiger partial charge is 0.319 e. The third-order valence-electron chi connectivity index (χ3n) is 2.49. The third-order valence-corrected chi connectivity index (χ3v) is 2.49. The SMILES string of the molecule is C[C@@H]1Cc2ccccc2NN1C. The Morgan fingerprint density at radius 1 is 1.42 bits per heavy atom. The zero-order chi connectivity index (χ0) is 8.55. The van der Waals surface area contributed by atoms with Gasteiger partial charge in [0.15, 0.2) is 0 Å². The summed E-state index contributed by atoms with van der Waals surface area (Å²) in [5, 5.41) is 2.16. The highest BCUT2D eigenvalue weighted by Crippen LogP contribution is 2.23. The van der Waals surface area contributed by atoms with Gasteiger partial charge in [-0.05, 0) is 25.0 Å². The van der Waals surface area contributed by atoms with E-state index in [4.69, 9.17) is 0 Å². The molecule has 0 spiro atoms.